The molecule has 1 aromatic carbocycles. The van der Waals surface area contributed by atoms with Crippen molar-refractivity contribution in [3.05, 3.63) is 48.0 Å². The molecule has 1 atom stereocenters. The minimum absolute atomic E-state index is 0.00790. The minimum atomic E-state index is -0.00790. The van der Waals surface area contributed by atoms with Gasteiger partial charge in [0.1, 0.15) is 12.4 Å². The zero-order valence-corrected chi connectivity index (χ0v) is 10.8. The van der Waals surface area contributed by atoms with Crippen molar-refractivity contribution < 1.29 is 4.74 Å². The predicted octanol–water partition coefficient (Wildman–Crippen LogP) is 2.29. The fourth-order valence-corrected chi connectivity index (χ4v) is 1.86. The largest absolute Gasteiger partial charge is 0.492 e. The van der Waals surface area contributed by atoms with E-state index in [4.69, 9.17) is 10.5 Å². The Hall–Kier alpha value is -1.81. The van der Waals surface area contributed by atoms with Gasteiger partial charge in [-0.25, -0.2) is 4.98 Å². The highest BCUT2D eigenvalue weighted by Crippen LogP contribution is 2.13. The molecule has 1 unspecified atom stereocenters. The van der Waals surface area contributed by atoms with Crippen LogP contribution in [-0.2, 0) is 6.54 Å². The van der Waals surface area contributed by atoms with Gasteiger partial charge in [0, 0.05) is 12.2 Å². The van der Waals surface area contributed by atoms with Crippen LogP contribution in [-0.4, -0.2) is 16.2 Å². The lowest BCUT2D eigenvalue weighted by molar-refractivity contribution is 0.295. The smallest absolute Gasteiger partial charge is 0.119 e. The van der Waals surface area contributed by atoms with Gasteiger partial charge in [-0.1, -0.05) is 12.1 Å². The van der Waals surface area contributed by atoms with Gasteiger partial charge in [-0.2, -0.15) is 0 Å². The highest BCUT2D eigenvalue weighted by molar-refractivity contribution is 5.27. The highest BCUT2D eigenvalue weighted by atomic mass is 16.5. The average molecular weight is 245 g/mol. The van der Waals surface area contributed by atoms with Crippen molar-refractivity contribution in [1.29, 1.82) is 0 Å². The number of benzene rings is 1. The lowest BCUT2D eigenvalue weighted by Gasteiger charge is -2.11. The lowest BCUT2D eigenvalue weighted by atomic mass is 10.2. The van der Waals surface area contributed by atoms with Crippen molar-refractivity contribution in [3.8, 4) is 5.75 Å². The van der Waals surface area contributed by atoms with Gasteiger partial charge >= 0.3 is 0 Å². The summed E-state index contributed by atoms with van der Waals surface area (Å²) in [5.41, 5.74) is 8.09. The van der Waals surface area contributed by atoms with Crippen molar-refractivity contribution in [2.24, 2.45) is 5.73 Å². The monoisotopic (exact) mass is 245 g/mol. The minimum Gasteiger partial charge on any atom is -0.492 e. The molecule has 0 radical (unpaired) electrons. The number of nitrogens with two attached hydrogens (primary N) is 1. The summed E-state index contributed by atoms with van der Waals surface area (Å²) in [4.78, 5) is 4.11. The zero-order valence-electron chi connectivity index (χ0n) is 10.8. The number of rotatable bonds is 5. The molecule has 18 heavy (non-hydrogen) atoms. The Morgan fingerprint density at radius 3 is 3.00 bits per heavy atom. The molecule has 0 spiro atoms. The molecule has 4 heteroatoms. The van der Waals surface area contributed by atoms with E-state index in [9.17, 15) is 0 Å². The van der Waals surface area contributed by atoms with Gasteiger partial charge in [-0.15, -0.1) is 0 Å². The summed E-state index contributed by atoms with van der Waals surface area (Å²) in [5, 5.41) is 0. The molecule has 96 valence electrons. The van der Waals surface area contributed by atoms with Gasteiger partial charge < -0.3 is 15.0 Å². The first-order chi connectivity index (χ1) is 8.66. The Kier molecular flexibility index (Phi) is 3.99. The average Bonchev–Trinajstić information content (AvgIpc) is 2.77. The highest BCUT2D eigenvalue weighted by Gasteiger charge is 2.06. The Labute approximate surface area is 107 Å². The first kappa shape index (κ1) is 12.6. The van der Waals surface area contributed by atoms with E-state index >= 15 is 0 Å². The summed E-state index contributed by atoms with van der Waals surface area (Å²) in [7, 11) is 0. The topological polar surface area (TPSA) is 53.1 Å². The van der Waals surface area contributed by atoms with Crippen molar-refractivity contribution >= 4 is 0 Å². The van der Waals surface area contributed by atoms with Crippen LogP contribution in [0.2, 0.25) is 0 Å². The number of hydrogen-bond acceptors (Lipinski definition) is 3. The summed E-state index contributed by atoms with van der Waals surface area (Å²) in [6.45, 7) is 5.37. The van der Waals surface area contributed by atoms with E-state index in [1.807, 2.05) is 29.7 Å². The number of imidazole rings is 1. The summed E-state index contributed by atoms with van der Waals surface area (Å²) in [6, 6.07) is 8.03. The second-order valence-corrected chi connectivity index (χ2v) is 4.47. The second kappa shape index (κ2) is 5.69. The Bertz CT molecular complexity index is 505. The van der Waals surface area contributed by atoms with E-state index in [1.54, 1.807) is 12.5 Å². The number of nitrogens with zero attached hydrogens (tertiary/aromatic N) is 2. The molecule has 2 rings (SSSR count). The zero-order chi connectivity index (χ0) is 13.0. The van der Waals surface area contributed by atoms with Crippen molar-refractivity contribution in [3.63, 3.8) is 0 Å². The summed E-state index contributed by atoms with van der Waals surface area (Å²) in [6.07, 6.45) is 3.59. The van der Waals surface area contributed by atoms with E-state index in [1.165, 1.54) is 5.56 Å². The van der Waals surface area contributed by atoms with Crippen LogP contribution in [0.4, 0.5) is 0 Å². The predicted molar refractivity (Wildman–Crippen MR) is 71.5 cm³/mol. The first-order valence-corrected chi connectivity index (χ1v) is 6.12. The van der Waals surface area contributed by atoms with Gasteiger partial charge in [0.2, 0.25) is 0 Å². The van der Waals surface area contributed by atoms with E-state index in [0.29, 0.717) is 6.61 Å². The van der Waals surface area contributed by atoms with Crippen LogP contribution < -0.4 is 10.5 Å². The van der Waals surface area contributed by atoms with E-state index < -0.39 is 0 Å². The molecule has 0 aliphatic rings. The Balaban J connectivity index is 1.90. The number of aryl methyl sites for hydroxylation is 1. The molecule has 2 N–H and O–H groups in total. The lowest BCUT2D eigenvalue weighted by Crippen LogP contribution is -2.15. The van der Waals surface area contributed by atoms with Gasteiger partial charge in [0.25, 0.3) is 0 Å². The molecule has 4 nitrogen and oxygen atoms in total. The fraction of sp³-hybridized carbons (Fsp3) is 0.357. The third-order valence-electron chi connectivity index (χ3n) is 2.80. The Morgan fingerprint density at radius 1 is 1.44 bits per heavy atom. The van der Waals surface area contributed by atoms with Crippen molar-refractivity contribution in [2.75, 3.05) is 6.61 Å². The second-order valence-electron chi connectivity index (χ2n) is 4.47. The summed E-state index contributed by atoms with van der Waals surface area (Å²) >= 11 is 0. The molecule has 1 heterocycles. The SMILES string of the molecule is Cc1cccc(OCCn2cncc2C(C)N)c1. The third kappa shape index (κ3) is 3.11. The van der Waals surface area contributed by atoms with Crippen LogP contribution >= 0.6 is 0 Å². The van der Waals surface area contributed by atoms with Crippen LogP contribution in [0.3, 0.4) is 0 Å². The third-order valence-corrected chi connectivity index (χ3v) is 2.80. The van der Waals surface area contributed by atoms with E-state index in [0.717, 1.165) is 18.0 Å². The number of hydrogen-bond donors (Lipinski definition) is 1. The van der Waals surface area contributed by atoms with Crippen molar-refractivity contribution in [1.82, 2.24) is 9.55 Å². The summed E-state index contributed by atoms with van der Waals surface area (Å²) in [5.74, 6) is 0.900. The van der Waals surface area contributed by atoms with Gasteiger partial charge in [-0.05, 0) is 31.5 Å². The molecule has 0 bridgehead atoms. The number of aromatic nitrogens is 2. The Morgan fingerprint density at radius 2 is 2.28 bits per heavy atom. The molecule has 1 aromatic heterocycles. The fourth-order valence-electron chi connectivity index (χ4n) is 1.86. The maximum atomic E-state index is 5.86. The quantitative estimate of drug-likeness (QED) is 0.879. The first-order valence-electron chi connectivity index (χ1n) is 6.12. The molecule has 0 aliphatic carbocycles. The molecule has 0 fully saturated rings. The number of ether oxygens (including phenoxy) is 1. The van der Waals surface area contributed by atoms with E-state index in [-0.39, 0.29) is 6.04 Å². The van der Waals surface area contributed by atoms with Crippen LogP contribution in [0, 0.1) is 6.92 Å². The maximum Gasteiger partial charge on any atom is 0.119 e. The molecule has 0 saturated heterocycles. The van der Waals surface area contributed by atoms with Gasteiger partial charge in [-0.3, -0.25) is 0 Å². The molecular formula is C14H19N3O. The van der Waals surface area contributed by atoms with E-state index in [2.05, 4.69) is 18.0 Å². The molecule has 0 amide bonds. The van der Waals surface area contributed by atoms with Gasteiger partial charge in [0.05, 0.1) is 18.6 Å². The molecular weight excluding hydrogens is 226 g/mol. The van der Waals surface area contributed by atoms with Crippen LogP contribution in [0.15, 0.2) is 36.8 Å². The molecule has 0 aliphatic heterocycles. The normalized spacial score (nSPS) is 12.4. The van der Waals surface area contributed by atoms with Crippen molar-refractivity contribution in [2.45, 2.75) is 26.4 Å². The standard InChI is InChI=1S/C14H19N3O/c1-11-4-3-5-13(8-11)18-7-6-17-10-16-9-14(17)12(2)15/h3-5,8-10,12H,6-7,15H2,1-2H3. The molecule has 2 aromatic rings. The van der Waals surface area contributed by atoms with Crippen LogP contribution in [0.1, 0.15) is 24.2 Å². The summed E-state index contributed by atoms with van der Waals surface area (Å²) < 4.78 is 7.73. The molecule has 0 saturated carbocycles. The van der Waals surface area contributed by atoms with Crippen LogP contribution in [0.25, 0.3) is 0 Å². The maximum absolute atomic E-state index is 5.86. The van der Waals surface area contributed by atoms with Crippen LogP contribution in [0.5, 0.6) is 5.75 Å². The van der Waals surface area contributed by atoms with Gasteiger partial charge in [0.15, 0.2) is 0 Å².